The standard InChI is InChI=1S/C8H3Cl2I2NO2/c9-7(14)2-1-3(8(10)15)5(12)6(13)4(2)11/h1H,13H2. The van der Waals surface area contributed by atoms with Crippen LogP contribution in [0.4, 0.5) is 5.69 Å². The van der Waals surface area contributed by atoms with E-state index in [2.05, 4.69) is 0 Å². The first-order valence-electron chi connectivity index (χ1n) is 3.53. The van der Waals surface area contributed by atoms with E-state index in [-0.39, 0.29) is 11.1 Å². The highest BCUT2D eigenvalue weighted by molar-refractivity contribution is 14.1. The highest BCUT2D eigenvalue weighted by Gasteiger charge is 2.19. The molecule has 7 heteroatoms. The van der Waals surface area contributed by atoms with Crippen LogP contribution in [0.1, 0.15) is 20.7 Å². The summed E-state index contributed by atoms with van der Waals surface area (Å²) in [6.45, 7) is 0. The van der Waals surface area contributed by atoms with E-state index in [1.165, 1.54) is 6.07 Å². The van der Waals surface area contributed by atoms with Crippen molar-refractivity contribution in [1.82, 2.24) is 0 Å². The van der Waals surface area contributed by atoms with Crippen LogP contribution in [0, 0.1) is 7.14 Å². The molecule has 0 spiro atoms. The van der Waals surface area contributed by atoms with Crippen molar-refractivity contribution in [2.75, 3.05) is 5.73 Å². The summed E-state index contributed by atoms with van der Waals surface area (Å²) < 4.78 is 1.05. The van der Waals surface area contributed by atoms with Crippen molar-refractivity contribution in [1.29, 1.82) is 0 Å². The van der Waals surface area contributed by atoms with E-state index < -0.39 is 10.5 Å². The van der Waals surface area contributed by atoms with Gasteiger partial charge in [-0.25, -0.2) is 0 Å². The fourth-order valence-electron chi connectivity index (χ4n) is 0.944. The summed E-state index contributed by atoms with van der Waals surface area (Å²) in [7, 11) is 0. The molecular weight excluding hydrogens is 467 g/mol. The van der Waals surface area contributed by atoms with E-state index in [1.54, 1.807) is 0 Å². The Balaban J connectivity index is 3.59. The zero-order valence-electron chi connectivity index (χ0n) is 6.98. The Morgan fingerprint density at radius 2 is 1.40 bits per heavy atom. The SMILES string of the molecule is Nc1c(I)c(C(=O)Cl)cc(C(=O)Cl)c1I. The predicted molar refractivity (Wildman–Crippen MR) is 76.7 cm³/mol. The summed E-state index contributed by atoms with van der Waals surface area (Å²) in [6, 6.07) is 1.35. The van der Waals surface area contributed by atoms with Gasteiger partial charge in [-0.1, -0.05) is 0 Å². The summed E-state index contributed by atoms with van der Waals surface area (Å²) >= 11 is 14.5. The molecule has 0 heterocycles. The third-order valence-electron chi connectivity index (χ3n) is 1.66. The zero-order valence-corrected chi connectivity index (χ0v) is 12.8. The van der Waals surface area contributed by atoms with Crippen molar-refractivity contribution >= 4 is 84.6 Å². The minimum atomic E-state index is -0.665. The fourth-order valence-corrected chi connectivity index (χ4v) is 3.42. The number of nitrogen functional groups attached to an aromatic ring is 1. The van der Waals surface area contributed by atoms with E-state index in [1.807, 2.05) is 45.2 Å². The van der Waals surface area contributed by atoms with Crippen LogP contribution in [0.25, 0.3) is 0 Å². The molecule has 0 radical (unpaired) electrons. The Bertz CT molecular complexity index is 424. The molecule has 0 amide bonds. The molecule has 0 fully saturated rings. The average Bonchev–Trinajstić information content (AvgIpc) is 2.13. The van der Waals surface area contributed by atoms with Gasteiger partial charge in [0.05, 0.1) is 16.8 Å². The van der Waals surface area contributed by atoms with Gasteiger partial charge in [-0.3, -0.25) is 9.59 Å². The zero-order chi connectivity index (χ0) is 11.7. The summed E-state index contributed by atoms with van der Waals surface area (Å²) in [4.78, 5) is 22.1. The van der Waals surface area contributed by atoms with Crippen molar-refractivity contribution in [3.05, 3.63) is 24.3 Å². The van der Waals surface area contributed by atoms with Crippen LogP contribution in [-0.4, -0.2) is 10.5 Å². The number of hydrogen-bond acceptors (Lipinski definition) is 3. The lowest BCUT2D eigenvalue weighted by atomic mass is 10.1. The number of anilines is 1. The molecule has 3 nitrogen and oxygen atoms in total. The van der Waals surface area contributed by atoms with E-state index >= 15 is 0 Å². The number of hydrogen-bond donors (Lipinski definition) is 1. The van der Waals surface area contributed by atoms with Crippen LogP contribution in [-0.2, 0) is 0 Å². The average molecular weight is 470 g/mol. The van der Waals surface area contributed by atoms with Crippen molar-refractivity contribution in [3.8, 4) is 0 Å². The van der Waals surface area contributed by atoms with Gasteiger partial charge in [-0.2, -0.15) is 0 Å². The molecule has 0 aliphatic heterocycles. The van der Waals surface area contributed by atoms with E-state index in [9.17, 15) is 9.59 Å². The van der Waals surface area contributed by atoms with Crippen LogP contribution in [0.15, 0.2) is 6.07 Å². The number of nitrogens with two attached hydrogens (primary N) is 1. The molecule has 0 bridgehead atoms. The molecule has 80 valence electrons. The Morgan fingerprint density at radius 3 is 1.67 bits per heavy atom. The lowest BCUT2D eigenvalue weighted by molar-refractivity contribution is 0.107. The van der Waals surface area contributed by atoms with E-state index in [0.29, 0.717) is 12.8 Å². The maximum atomic E-state index is 11.1. The summed E-state index contributed by atoms with van der Waals surface area (Å²) in [6.07, 6.45) is 0. The summed E-state index contributed by atoms with van der Waals surface area (Å²) in [5, 5.41) is -1.33. The van der Waals surface area contributed by atoms with E-state index in [4.69, 9.17) is 28.9 Å². The number of rotatable bonds is 2. The molecule has 2 N–H and O–H groups in total. The number of benzene rings is 1. The third kappa shape index (κ3) is 2.75. The van der Waals surface area contributed by atoms with Crippen molar-refractivity contribution in [2.45, 2.75) is 0 Å². The molecule has 1 aromatic carbocycles. The second-order valence-electron chi connectivity index (χ2n) is 2.56. The van der Waals surface area contributed by atoms with Gasteiger partial charge in [0, 0.05) is 7.14 Å². The summed E-state index contributed by atoms with van der Waals surface area (Å²) in [5.41, 5.74) is 6.45. The van der Waals surface area contributed by atoms with Gasteiger partial charge in [-0.15, -0.1) is 0 Å². The molecule has 0 atom stereocenters. The monoisotopic (exact) mass is 469 g/mol. The smallest absolute Gasteiger partial charge is 0.253 e. The third-order valence-corrected chi connectivity index (χ3v) is 4.39. The normalized spacial score (nSPS) is 10.1. The van der Waals surface area contributed by atoms with Gasteiger partial charge in [0.1, 0.15) is 0 Å². The molecule has 0 aromatic heterocycles. The maximum Gasteiger partial charge on any atom is 0.253 e. The van der Waals surface area contributed by atoms with Crippen LogP contribution < -0.4 is 5.73 Å². The second kappa shape index (κ2) is 5.15. The van der Waals surface area contributed by atoms with Gasteiger partial charge < -0.3 is 5.73 Å². The van der Waals surface area contributed by atoms with Gasteiger partial charge in [0.25, 0.3) is 10.5 Å². The Morgan fingerprint density at radius 1 is 1.07 bits per heavy atom. The molecule has 1 aromatic rings. The molecule has 0 saturated carbocycles. The van der Waals surface area contributed by atoms with Crippen molar-refractivity contribution in [2.24, 2.45) is 0 Å². The highest BCUT2D eigenvalue weighted by atomic mass is 127. The number of halogens is 4. The molecule has 1 rings (SSSR count). The van der Waals surface area contributed by atoms with Crippen LogP contribution >= 0.6 is 68.4 Å². The number of carbonyl (C=O) groups is 2. The fraction of sp³-hybridized carbons (Fsp3) is 0. The van der Waals surface area contributed by atoms with Gasteiger partial charge in [0.2, 0.25) is 0 Å². The van der Waals surface area contributed by atoms with Crippen LogP contribution in [0.5, 0.6) is 0 Å². The largest absolute Gasteiger partial charge is 0.397 e. The quantitative estimate of drug-likeness (QED) is 0.411. The molecule has 15 heavy (non-hydrogen) atoms. The first-order chi connectivity index (χ1) is 6.86. The Hall–Kier alpha value is 0.400. The van der Waals surface area contributed by atoms with Crippen LogP contribution in [0.2, 0.25) is 0 Å². The molecule has 0 aliphatic rings. The Labute approximate surface area is 123 Å². The lowest BCUT2D eigenvalue weighted by Gasteiger charge is -2.08. The summed E-state index contributed by atoms with van der Waals surface area (Å²) in [5.74, 6) is 0. The van der Waals surface area contributed by atoms with E-state index in [0.717, 1.165) is 0 Å². The highest BCUT2D eigenvalue weighted by Crippen LogP contribution is 2.30. The topological polar surface area (TPSA) is 60.2 Å². The molecule has 0 aliphatic carbocycles. The van der Waals surface area contributed by atoms with Crippen molar-refractivity contribution < 1.29 is 9.59 Å². The second-order valence-corrected chi connectivity index (χ2v) is 5.40. The molecule has 0 saturated heterocycles. The van der Waals surface area contributed by atoms with Crippen molar-refractivity contribution in [3.63, 3.8) is 0 Å². The number of carbonyl (C=O) groups excluding carboxylic acids is 2. The molecular formula is C8H3Cl2I2NO2. The molecule has 0 unspecified atom stereocenters. The minimum Gasteiger partial charge on any atom is -0.397 e. The maximum absolute atomic E-state index is 11.1. The Kier molecular flexibility index (Phi) is 4.63. The predicted octanol–water partition coefficient (Wildman–Crippen LogP) is 3.24. The van der Waals surface area contributed by atoms with Crippen LogP contribution in [0.3, 0.4) is 0 Å². The minimum absolute atomic E-state index is 0.194. The van der Waals surface area contributed by atoms with Gasteiger partial charge in [-0.05, 0) is 74.4 Å². The first kappa shape index (κ1) is 13.5. The van der Waals surface area contributed by atoms with Gasteiger partial charge >= 0.3 is 0 Å². The lowest BCUT2D eigenvalue weighted by Crippen LogP contribution is -2.06. The first-order valence-corrected chi connectivity index (χ1v) is 6.44. The van der Waals surface area contributed by atoms with Gasteiger partial charge in [0.15, 0.2) is 0 Å².